The van der Waals surface area contributed by atoms with E-state index in [0.717, 1.165) is 0 Å². The maximum atomic E-state index is 12.1. The number of nitro groups is 1. The third-order valence-corrected chi connectivity index (χ3v) is 1.17. The smallest absolute Gasteiger partial charge is 0.258 e. The molecule has 0 aromatic carbocycles. The van der Waals surface area contributed by atoms with Crippen molar-refractivity contribution in [2.75, 3.05) is 0 Å². The molecule has 0 amide bonds. The Morgan fingerprint density at radius 2 is 2.36 bits per heavy atom. The first-order chi connectivity index (χ1) is 5.11. The first-order valence-electron chi connectivity index (χ1n) is 2.43. The van der Waals surface area contributed by atoms with Crippen LogP contribution < -0.4 is 0 Å². The van der Waals surface area contributed by atoms with Crippen molar-refractivity contribution in [3.8, 4) is 0 Å². The Kier molecular flexibility index (Phi) is 1.95. The number of hydrogen-bond acceptors (Lipinski definition) is 4. The van der Waals surface area contributed by atoms with Crippen LogP contribution in [0.4, 0.5) is 10.1 Å². The molecular weight excluding hydrogens is 177 g/mol. The molecule has 0 aliphatic carbocycles. The van der Waals surface area contributed by atoms with Crippen LogP contribution in [0, 0.1) is 16.2 Å². The standard InChI is InChI=1S/C4HClFN3O2/c5-3-2(9(10)11)1-7-4(6)8-3/h1H. The minimum absolute atomic E-state index is 0.498. The molecule has 0 radical (unpaired) electrons. The SMILES string of the molecule is O=[N+]([O-])c1cnc(F)nc1Cl. The van der Waals surface area contributed by atoms with Gasteiger partial charge in [0.1, 0.15) is 6.20 Å². The lowest BCUT2D eigenvalue weighted by Gasteiger charge is -1.91. The number of aromatic nitrogens is 2. The Morgan fingerprint density at radius 3 is 2.82 bits per heavy atom. The zero-order chi connectivity index (χ0) is 8.43. The van der Waals surface area contributed by atoms with E-state index >= 15 is 0 Å². The lowest BCUT2D eigenvalue weighted by Crippen LogP contribution is -1.95. The van der Waals surface area contributed by atoms with Crippen molar-refractivity contribution >= 4 is 17.3 Å². The van der Waals surface area contributed by atoms with Crippen LogP contribution in [0.1, 0.15) is 0 Å². The van der Waals surface area contributed by atoms with E-state index in [4.69, 9.17) is 11.6 Å². The van der Waals surface area contributed by atoms with E-state index in [0.29, 0.717) is 6.20 Å². The molecule has 0 spiro atoms. The van der Waals surface area contributed by atoms with Crippen LogP contribution in [-0.4, -0.2) is 14.9 Å². The summed E-state index contributed by atoms with van der Waals surface area (Å²) in [6, 6.07) is 0. The number of hydrogen-bond donors (Lipinski definition) is 0. The summed E-state index contributed by atoms with van der Waals surface area (Å²) in [5.74, 6) is 0. The van der Waals surface area contributed by atoms with Crippen LogP contribution in [0.25, 0.3) is 0 Å². The van der Waals surface area contributed by atoms with E-state index in [1.165, 1.54) is 0 Å². The monoisotopic (exact) mass is 177 g/mol. The van der Waals surface area contributed by atoms with Gasteiger partial charge in [0.2, 0.25) is 5.15 Å². The molecule has 0 atom stereocenters. The molecule has 58 valence electrons. The largest absolute Gasteiger partial charge is 0.324 e. The molecule has 0 N–H and O–H groups in total. The van der Waals surface area contributed by atoms with E-state index in [1.54, 1.807) is 0 Å². The topological polar surface area (TPSA) is 68.9 Å². The highest BCUT2D eigenvalue weighted by atomic mass is 35.5. The van der Waals surface area contributed by atoms with Crippen molar-refractivity contribution in [2.45, 2.75) is 0 Å². The minimum atomic E-state index is -1.08. The average molecular weight is 178 g/mol. The predicted octanol–water partition coefficient (Wildman–Crippen LogP) is 1.18. The van der Waals surface area contributed by atoms with E-state index in [1.807, 2.05) is 0 Å². The summed E-state index contributed by atoms with van der Waals surface area (Å²) in [7, 11) is 0. The Hall–Kier alpha value is -1.30. The number of rotatable bonds is 1. The Morgan fingerprint density at radius 1 is 1.73 bits per heavy atom. The molecule has 0 fully saturated rings. The molecule has 1 aromatic heterocycles. The minimum Gasteiger partial charge on any atom is -0.258 e. The molecule has 1 heterocycles. The zero-order valence-corrected chi connectivity index (χ0v) is 5.75. The molecule has 7 heteroatoms. The Balaban J connectivity index is 3.20. The third kappa shape index (κ3) is 1.58. The van der Waals surface area contributed by atoms with Gasteiger partial charge in [-0.1, -0.05) is 11.6 Å². The van der Waals surface area contributed by atoms with E-state index in [9.17, 15) is 14.5 Å². The molecule has 1 aromatic rings. The van der Waals surface area contributed by atoms with Gasteiger partial charge in [-0.15, -0.1) is 0 Å². The van der Waals surface area contributed by atoms with Gasteiger partial charge in [0.15, 0.2) is 0 Å². The molecule has 0 bridgehead atoms. The second-order valence-electron chi connectivity index (χ2n) is 1.57. The fourth-order valence-electron chi connectivity index (χ4n) is 0.457. The quantitative estimate of drug-likeness (QED) is 0.280. The summed E-state index contributed by atoms with van der Waals surface area (Å²) in [6.45, 7) is 0. The third-order valence-electron chi connectivity index (χ3n) is 0.892. The highest BCUT2D eigenvalue weighted by molar-refractivity contribution is 6.31. The summed E-state index contributed by atoms with van der Waals surface area (Å²) in [6.07, 6.45) is -0.370. The summed E-state index contributed by atoms with van der Waals surface area (Å²) in [4.78, 5) is 15.2. The highest BCUT2D eigenvalue weighted by Crippen LogP contribution is 2.19. The number of nitrogens with zero attached hydrogens (tertiary/aromatic N) is 3. The molecular formula is C4HClFN3O2. The lowest BCUT2D eigenvalue weighted by molar-refractivity contribution is -0.385. The Labute approximate surface area is 65.0 Å². The molecule has 0 aliphatic rings. The normalized spacial score (nSPS) is 9.64. The maximum absolute atomic E-state index is 12.1. The van der Waals surface area contributed by atoms with Crippen LogP contribution in [0.15, 0.2) is 6.20 Å². The fraction of sp³-hybridized carbons (Fsp3) is 0. The average Bonchev–Trinajstić information content (AvgIpc) is 1.85. The van der Waals surface area contributed by atoms with Crippen molar-refractivity contribution < 1.29 is 9.31 Å². The van der Waals surface area contributed by atoms with Crippen molar-refractivity contribution in [1.82, 2.24) is 9.97 Å². The van der Waals surface area contributed by atoms with Crippen molar-refractivity contribution in [1.29, 1.82) is 0 Å². The summed E-state index contributed by atoms with van der Waals surface area (Å²) < 4.78 is 12.1. The van der Waals surface area contributed by atoms with Gasteiger partial charge >= 0.3 is 11.8 Å². The van der Waals surface area contributed by atoms with Crippen LogP contribution in [0.2, 0.25) is 5.15 Å². The van der Waals surface area contributed by atoms with Gasteiger partial charge in [-0.05, 0) is 0 Å². The van der Waals surface area contributed by atoms with Gasteiger partial charge < -0.3 is 0 Å². The van der Waals surface area contributed by atoms with Gasteiger partial charge in [0, 0.05) is 0 Å². The van der Waals surface area contributed by atoms with Gasteiger partial charge in [0.25, 0.3) is 0 Å². The van der Waals surface area contributed by atoms with E-state index in [-0.39, 0.29) is 0 Å². The van der Waals surface area contributed by atoms with E-state index in [2.05, 4.69) is 9.97 Å². The molecule has 0 saturated carbocycles. The van der Waals surface area contributed by atoms with Crippen LogP contribution in [0.3, 0.4) is 0 Å². The summed E-state index contributed by atoms with van der Waals surface area (Å²) in [5.41, 5.74) is -0.506. The number of halogens is 2. The second-order valence-corrected chi connectivity index (χ2v) is 1.93. The van der Waals surface area contributed by atoms with Crippen molar-refractivity contribution in [3.05, 3.63) is 27.5 Å². The van der Waals surface area contributed by atoms with Gasteiger partial charge in [-0.3, -0.25) is 10.1 Å². The van der Waals surface area contributed by atoms with Crippen molar-refractivity contribution in [3.63, 3.8) is 0 Å². The molecule has 0 aliphatic heterocycles. The van der Waals surface area contributed by atoms with Gasteiger partial charge in [-0.25, -0.2) is 4.98 Å². The van der Waals surface area contributed by atoms with Crippen LogP contribution in [-0.2, 0) is 0 Å². The van der Waals surface area contributed by atoms with Gasteiger partial charge in [0.05, 0.1) is 4.92 Å². The van der Waals surface area contributed by atoms with Crippen LogP contribution >= 0.6 is 11.6 Å². The fourth-order valence-corrected chi connectivity index (χ4v) is 0.645. The first-order valence-corrected chi connectivity index (χ1v) is 2.81. The summed E-state index contributed by atoms with van der Waals surface area (Å²) >= 11 is 5.19. The lowest BCUT2D eigenvalue weighted by atomic mass is 10.6. The van der Waals surface area contributed by atoms with E-state index < -0.39 is 21.8 Å². The van der Waals surface area contributed by atoms with Crippen molar-refractivity contribution in [2.24, 2.45) is 0 Å². The molecule has 5 nitrogen and oxygen atoms in total. The predicted molar refractivity (Wildman–Crippen MR) is 33.7 cm³/mol. The molecule has 1 rings (SSSR count). The zero-order valence-electron chi connectivity index (χ0n) is 4.99. The summed E-state index contributed by atoms with van der Waals surface area (Å²) in [5, 5.41) is 9.55. The van der Waals surface area contributed by atoms with Crippen LogP contribution in [0.5, 0.6) is 0 Å². The van der Waals surface area contributed by atoms with Gasteiger partial charge in [-0.2, -0.15) is 9.37 Å². The second kappa shape index (κ2) is 2.75. The first kappa shape index (κ1) is 7.80. The molecule has 11 heavy (non-hydrogen) atoms. The molecule has 0 unspecified atom stereocenters. The maximum Gasteiger partial charge on any atom is 0.324 e. The highest BCUT2D eigenvalue weighted by Gasteiger charge is 2.14. The molecule has 0 saturated heterocycles. The Bertz CT molecular complexity index is 305.